The molecule has 0 atom stereocenters. The molecule has 0 aliphatic carbocycles. The van der Waals surface area contributed by atoms with Crippen molar-refractivity contribution < 1.29 is 9.21 Å². The molecule has 3 aromatic rings. The van der Waals surface area contributed by atoms with Crippen molar-refractivity contribution in [1.29, 1.82) is 0 Å². The average molecular weight is 377 g/mol. The Kier molecular flexibility index (Phi) is 5.63. The van der Waals surface area contributed by atoms with Gasteiger partial charge < -0.3 is 9.73 Å². The molecule has 1 N–H and O–H groups in total. The minimum absolute atomic E-state index is 0.0393. The zero-order valence-electron chi connectivity index (χ0n) is 17.2. The van der Waals surface area contributed by atoms with E-state index in [1.165, 1.54) is 0 Å². The zero-order valence-corrected chi connectivity index (χ0v) is 17.2. The second-order valence-corrected chi connectivity index (χ2v) is 8.30. The fourth-order valence-electron chi connectivity index (χ4n) is 2.93. The Morgan fingerprint density at radius 2 is 1.68 bits per heavy atom. The molecule has 0 unspecified atom stereocenters. The molecule has 1 heterocycles. The third-order valence-corrected chi connectivity index (χ3v) is 4.63. The average Bonchev–Trinajstić information content (AvgIpc) is 3.07. The maximum absolute atomic E-state index is 12.3. The summed E-state index contributed by atoms with van der Waals surface area (Å²) in [6, 6.07) is 13.7. The summed E-state index contributed by atoms with van der Waals surface area (Å²) in [5.41, 5.74) is 5.01. The van der Waals surface area contributed by atoms with Crippen LogP contribution in [-0.4, -0.2) is 22.6 Å². The van der Waals surface area contributed by atoms with E-state index in [4.69, 9.17) is 4.42 Å². The molecule has 28 heavy (non-hydrogen) atoms. The highest BCUT2D eigenvalue weighted by atomic mass is 16.4. The first kappa shape index (κ1) is 19.8. The van der Waals surface area contributed by atoms with Crippen molar-refractivity contribution in [2.75, 3.05) is 6.54 Å². The van der Waals surface area contributed by atoms with Gasteiger partial charge in [-0.15, -0.1) is 10.2 Å². The third kappa shape index (κ3) is 4.85. The van der Waals surface area contributed by atoms with Gasteiger partial charge >= 0.3 is 0 Å². The third-order valence-electron chi connectivity index (χ3n) is 4.63. The van der Waals surface area contributed by atoms with Crippen molar-refractivity contribution in [3.63, 3.8) is 0 Å². The van der Waals surface area contributed by atoms with Crippen LogP contribution >= 0.6 is 0 Å². The quantitative estimate of drug-likeness (QED) is 0.665. The Labute approximate surface area is 166 Å². The van der Waals surface area contributed by atoms with Crippen molar-refractivity contribution in [1.82, 2.24) is 15.5 Å². The summed E-state index contributed by atoms with van der Waals surface area (Å²) in [4.78, 5) is 12.3. The van der Waals surface area contributed by atoms with Gasteiger partial charge in [0.2, 0.25) is 11.8 Å². The van der Waals surface area contributed by atoms with Gasteiger partial charge in [-0.05, 0) is 59.7 Å². The van der Waals surface area contributed by atoms with E-state index in [0.29, 0.717) is 23.9 Å². The van der Waals surface area contributed by atoms with E-state index in [9.17, 15) is 4.79 Å². The molecule has 1 amide bonds. The predicted molar refractivity (Wildman–Crippen MR) is 111 cm³/mol. The van der Waals surface area contributed by atoms with Gasteiger partial charge in [0.1, 0.15) is 0 Å². The first-order valence-electron chi connectivity index (χ1n) is 9.53. The molecule has 0 aliphatic rings. The van der Waals surface area contributed by atoms with E-state index < -0.39 is 0 Å². The van der Waals surface area contributed by atoms with Crippen LogP contribution in [0.4, 0.5) is 0 Å². The summed E-state index contributed by atoms with van der Waals surface area (Å²) in [6.45, 7) is 11.0. The molecule has 0 saturated carbocycles. The van der Waals surface area contributed by atoms with Gasteiger partial charge in [-0.2, -0.15) is 0 Å². The molecule has 0 bridgehead atoms. The minimum atomic E-state index is -0.0393. The number of aryl methyl sites for hydroxylation is 2. The fraction of sp³-hybridized carbons (Fsp3) is 0.348. The lowest BCUT2D eigenvalue weighted by molar-refractivity contribution is 0.0949. The number of rotatable bonds is 5. The van der Waals surface area contributed by atoms with Crippen LogP contribution in [0.25, 0.3) is 22.6 Å². The SMILES string of the molecule is Cc1nnc(-c2ccc(C)c(-c3ccc(C(=O)NCCC(C)(C)C)cc3)c2)o1. The Morgan fingerprint density at radius 3 is 2.29 bits per heavy atom. The van der Waals surface area contributed by atoms with Crippen molar-refractivity contribution >= 4 is 5.91 Å². The molecule has 0 radical (unpaired) electrons. The maximum atomic E-state index is 12.3. The Morgan fingerprint density at radius 1 is 1.00 bits per heavy atom. The Balaban J connectivity index is 1.77. The van der Waals surface area contributed by atoms with Crippen molar-refractivity contribution in [2.45, 2.75) is 41.0 Å². The predicted octanol–water partition coefficient (Wildman–Crippen LogP) is 5.19. The molecule has 0 fully saturated rings. The number of hydrogen-bond donors (Lipinski definition) is 1. The minimum Gasteiger partial charge on any atom is -0.421 e. The highest BCUT2D eigenvalue weighted by Crippen LogP contribution is 2.29. The second kappa shape index (κ2) is 7.97. The molecular formula is C23H27N3O2. The smallest absolute Gasteiger partial charge is 0.251 e. The van der Waals surface area contributed by atoms with Gasteiger partial charge in [-0.3, -0.25) is 4.79 Å². The van der Waals surface area contributed by atoms with Gasteiger partial charge in [-0.25, -0.2) is 0 Å². The lowest BCUT2D eigenvalue weighted by Gasteiger charge is -2.18. The number of nitrogens with one attached hydrogen (secondary N) is 1. The number of aromatic nitrogens is 2. The highest BCUT2D eigenvalue weighted by molar-refractivity contribution is 5.94. The van der Waals surface area contributed by atoms with Crippen LogP contribution < -0.4 is 5.32 Å². The van der Waals surface area contributed by atoms with Crippen molar-refractivity contribution in [3.8, 4) is 22.6 Å². The van der Waals surface area contributed by atoms with Crippen LogP contribution in [0.1, 0.15) is 49.0 Å². The van der Waals surface area contributed by atoms with Crippen LogP contribution in [0.5, 0.6) is 0 Å². The van der Waals surface area contributed by atoms with Gasteiger partial charge in [-0.1, -0.05) is 39.0 Å². The monoisotopic (exact) mass is 377 g/mol. The number of carbonyl (C=O) groups excluding carboxylic acids is 1. The number of benzene rings is 2. The van der Waals surface area contributed by atoms with E-state index in [1.807, 2.05) is 42.5 Å². The summed E-state index contributed by atoms with van der Waals surface area (Å²) in [6.07, 6.45) is 0.942. The second-order valence-electron chi connectivity index (χ2n) is 8.30. The van der Waals surface area contributed by atoms with E-state index in [0.717, 1.165) is 28.7 Å². The fourth-order valence-corrected chi connectivity index (χ4v) is 2.93. The summed E-state index contributed by atoms with van der Waals surface area (Å²) in [5.74, 6) is 1.01. The maximum Gasteiger partial charge on any atom is 0.251 e. The zero-order chi connectivity index (χ0) is 20.3. The molecular weight excluding hydrogens is 350 g/mol. The molecule has 146 valence electrons. The van der Waals surface area contributed by atoms with Crippen molar-refractivity contribution in [2.24, 2.45) is 5.41 Å². The number of hydrogen-bond acceptors (Lipinski definition) is 4. The number of nitrogens with zero attached hydrogens (tertiary/aromatic N) is 2. The Hall–Kier alpha value is -2.95. The van der Waals surface area contributed by atoms with Crippen LogP contribution in [0.3, 0.4) is 0 Å². The van der Waals surface area contributed by atoms with E-state index in [1.54, 1.807) is 6.92 Å². The van der Waals surface area contributed by atoms with Gasteiger partial charge in [0.25, 0.3) is 5.91 Å². The van der Waals surface area contributed by atoms with Crippen LogP contribution in [0, 0.1) is 19.3 Å². The molecule has 0 aliphatic heterocycles. The normalized spacial score (nSPS) is 11.5. The standard InChI is InChI=1S/C23H27N3O2/c1-15-6-7-19(22-26-25-16(2)28-22)14-20(15)17-8-10-18(11-9-17)21(27)24-13-12-23(3,4)5/h6-11,14H,12-13H2,1-5H3,(H,24,27). The van der Waals surface area contributed by atoms with Crippen LogP contribution in [-0.2, 0) is 0 Å². The lowest BCUT2D eigenvalue weighted by Crippen LogP contribution is -2.27. The first-order valence-corrected chi connectivity index (χ1v) is 9.53. The first-order chi connectivity index (χ1) is 13.2. The summed E-state index contributed by atoms with van der Waals surface area (Å²) in [5, 5.41) is 11.0. The molecule has 2 aromatic carbocycles. The highest BCUT2D eigenvalue weighted by Gasteiger charge is 2.13. The van der Waals surface area contributed by atoms with Crippen LogP contribution in [0.15, 0.2) is 46.9 Å². The van der Waals surface area contributed by atoms with Gasteiger partial charge in [0, 0.05) is 24.6 Å². The van der Waals surface area contributed by atoms with Crippen molar-refractivity contribution in [3.05, 3.63) is 59.5 Å². The topological polar surface area (TPSA) is 68.0 Å². The molecule has 3 rings (SSSR count). The molecule has 0 saturated heterocycles. The molecule has 0 spiro atoms. The summed E-state index contributed by atoms with van der Waals surface area (Å²) < 4.78 is 5.54. The largest absolute Gasteiger partial charge is 0.421 e. The molecule has 5 heteroatoms. The van der Waals surface area contributed by atoms with Gasteiger partial charge in [0.05, 0.1) is 0 Å². The summed E-state index contributed by atoms with van der Waals surface area (Å²) in [7, 11) is 0. The molecule has 1 aromatic heterocycles. The summed E-state index contributed by atoms with van der Waals surface area (Å²) >= 11 is 0. The Bertz CT molecular complexity index is 966. The van der Waals surface area contributed by atoms with Gasteiger partial charge in [0.15, 0.2) is 0 Å². The molecule has 5 nitrogen and oxygen atoms in total. The number of carbonyl (C=O) groups is 1. The lowest BCUT2D eigenvalue weighted by atomic mass is 9.92. The van der Waals surface area contributed by atoms with E-state index in [-0.39, 0.29) is 11.3 Å². The van der Waals surface area contributed by atoms with E-state index in [2.05, 4.69) is 43.2 Å². The van der Waals surface area contributed by atoms with Crippen LogP contribution in [0.2, 0.25) is 0 Å². The van der Waals surface area contributed by atoms with E-state index >= 15 is 0 Å². The number of amides is 1.